The van der Waals surface area contributed by atoms with E-state index in [9.17, 15) is 19.5 Å². The summed E-state index contributed by atoms with van der Waals surface area (Å²) in [6, 6.07) is 4.38. The minimum absolute atomic E-state index is 0.0270. The normalized spacial score (nSPS) is 17.3. The Hall–Kier alpha value is -3.35. The van der Waals surface area contributed by atoms with Gasteiger partial charge in [0.1, 0.15) is 28.9 Å². The number of methoxy groups -OCH3 is 2. The Bertz CT molecular complexity index is 1020. The zero-order valence-electron chi connectivity index (χ0n) is 14.2. The highest BCUT2D eigenvalue weighted by molar-refractivity contribution is 6.31. The van der Waals surface area contributed by atoms with E-state index < -0.39 is 29.4 Å². The highest BCUT2D eigenvalue weighted by Gasteiger charge is 2.41. The third-order valence-electron chi connectivity index (χ3n) is 4.73. The van der Waals surface area contributed by atoms with Crippen LogP contribution < -0.4 is 9.47 Å². The Morgan fingerprint density at radius 3 is 2.27 bits per heavy atom. The smallest absolute Gasteiger partial charge is 0.342 e. The van der Waals surface area contributed by atoms with Gasteiger partial charge in [-0.05, 0) is 19.1 Å². The lowest BCUT2D eigenvalue weighted by molar-refractivity contribution is 0.0420. The predicted molar refractivity (Wildman–Crippen MR) is 88.3 cm³/mol. The number of carbonyl (C=O) groups is 3. The van der Waals surface area contributed by atoms with Crippen molar-refractivity contribution in [2.45, 2.75) is 13.0 Å². The second-order valence-corrected chi connectivity index (χ2v) is 6.07. The van der Waals surface area contributed by atoms with Crippen LogP contribution >= 0.6 is 0 Å². The number of fused-ring (bicyclic) bond motifs is 3. The fourth-order valence-electron chi connectivity index (χ4n) is 3.47. The Kier molecular flexibility index (Phi) is 3.30. The highest BCUT2D eigenvalue weighted by atomic mass is 16.5. The third-order valence-corrected chi connectivity index (χ3v) is 4.73. The standard InChI is InChI=1S/C19H14O7/c1-7-9-6-11-14(18(22)15(9)19(23)26-7)17(21)13-10(16(11)20)4-8(24-2)5-12(13)25-3/h4-7,22H,1-3H3. The number of ketones is 2. The maximum absolute atomic E-state index is 13.1. The molecule has 1 heterocycles. The topological polar surface area (TPSA) is 99.1 Å². The van der Waals surface area contributed by atoms with Gasteiger partial charge >= 0.3 is 5.97 Å². The van der Waals surface area contributed by atoms with Crippen molar-refractivity contribution in [3.05, 3.63) is 51.6 Å². The summed E-state index contributed by atoms with van der Waals surface area (Å²) in [5.74, 6) is -1.80. The summed E-state index contributed by atoms with van der Waals surface area (Å²) in [5.41, 5.74) is 0.269. The molecule has 0 amide bonds. The van der Waals surface area contributed by atoms with Gasteiger partial charge in [-0.2, -0.15) is 0 Å². The fraction of sp³-hybridized carbons (Fsp3) is 0.211. The Balaban J connectivity index is 2.05. The van der Waals surface area contributed by atoms with Crippen LogP contribution in [0.4, 0.5) is 0 Å². The molecule has 4 rings (SSSR count). The van der Waals surface area contributed by atoms with E-state index in [2.05, 4.69) is 0 Å². The van der Waals surface area contributed by atoms with Crippen LogP contribution in [-0.2, 0) is 4.74 Å². The van der Waals surface area contributed by atoms with Crippen molar-refractivity contribution in [1.82, 2.24) is 0 Å². The van der Waals surface area contributed by atoms with Crippen LogP contribution in [-0.4, -0.2) is 36.9 Å². The molecule has 0 spiro atoms. The van der Waals surface area contributed by atoms with Gasteiger partial charge in [-0.3, -0.25) is 9.59 Å². The van der Waals surface area contributed by atoms with Crippen LogP contribution in [0.5, 0.6) is 17.2 Å². The number of hydrogen-bond acceptors (Lipinski definition) is 7. The number of ether oxygens (including phenoxy) is 3. The van der Waals surface area contributed by atoms with Crippen LogP contribution in [0.1, 0.15) is 60.8 Å². The van der Waals surface area contributed by atoms with E-state index in [4.69, 9.17) is 14.2 Å². The van der Waals surface area contributed by atoms with E-state index in [1.807, 2.05) is 0 Å². The molecule has 0 saturated carbocycles. The van der Waals surface area contributed by atoms with Crippen LogP contribution in [0.25, 0.3) is 0 Å². The molecule has 1 aliphatic heterocycles. The van der Waals surface area contributed by atoms with Crippen molar-refractivity contribution in [1.29, 1.82) is 0 Å². The molecule has 2 aromatic rings. The lowest BCUT2D eigenvalue weighted by Crippen LogP contribution is -2.23. The molecule has 0 radical (unpaired) electrons. The number of esters is 1. The Morgan fingerprint density at radius 2 is 1.62 bits per heavy atom. The monoisotopic (exact) mass is 354 g/mol. The molecule has 2 aromatic carbocycles. The first-order chi connectivity index (χ1) is 12.4. The number of rotatable bonds is 2. The Morgan fingerprint density at radius 1 is 0.923 bits per heavy atom. The summed E-state index contributed by atoms with van der Waals surface area (Å²) in [5, 5.41) is 10.6. The minimum atomic E-state index is -0.722. The molecule has 1 aliphatic carbocycles. The van der Waals surface area contributed by atoms with Gasteiger partial charge in [0.05, 0.1) is 25.3 Å². The molecule has 0 saturated heterocycles. The summed E-state index contributed by atoms with van der Waals surface area (Å²) >= 11 is 0. The van der Waals surface area contributed by atoms with Gasteiger partial charge < -0.3 is 19.3 Å². The van der Waals surface area contributed by atoms with E-state index in [0.29, 0.717) is 11.3 Å². The highest BCUT2D eigenvalue weighted by Crippen LogP contribution is 2.45. The van der Waals surface area contributed by atoms with Crippen molar-refractivity contribution >= 4 is 17.5 Å². The van der Waals surface area contributed by atoms with E-state index >= 15 is 0 Å². The first-order valence-corrected chi connectivity index (χ1v) is 7.85. The second kappa shape index (κ2) is 5.32. The molecule has 0 bridgehead atoms. The molecule has 0 aromatic heterocycles. The van der Waals surface area contributed by atoms with Gasteiger partial charge in [-0.15, -0.1) is 0 Å². The van der Waals surface area contributed by atoms with Gasteiger partial charge in [0.2, 0.25) is 5.78 Å². The molecule has 7 heteroatoms. The second-order valence-electron chi connectivity index (χ2n) is 6.07. The van der Waals surface area contributed by atoms with Crippen LogP contribution in [0, 0.1) is 0 Å². The van der Waals surface area contributed by atoms with Gasteiger partial charge in [0.25, 0.3) is 0 Å². The summed E-state index contributed by atoms with van der Waals surface area (Å²) in [4.78, 5) is 38.1. The van der Waals surface area contributed by atoms with E-state index in [1.165, 1.54) is 32.4 Å². The van der Waals surface area contributed by atoms with Gasteiger partial charge in [0, 0.05) is 22.8 Å². The summed E-state index contributed by atoms with van der Waals surface area (Å²) in [6.07, 6.45) is -0.613. The average Bonchev–Trinajstić information content (AvgIpc) is 2.92. The molecule has 1 N–H and O–H groups in total. The molecular formula is C19H14O7. The number of hydrogen-bond donors (Lipinski definition) is 1. The number of phenols is 1. The number of aromatic hydroxyl groups is 1. The van der Waals surface area contributed by atoms with Crippen LogP contribution in [0.15, 0.2) is 18.2 Å². The van der Waals surface area contributed by atoms with E-state index in [0.717, 1.165) is 0 Å². The fourth-order valence-corrected chi connectivity index (χ4v) is 3.47. The summed E-state index contributed by atoms with van der Waals surface area (Å²) in [7, 11) is 2.80. The number of phenolic OH excluding ortho intramolecular Hbond substituents is 1. The SMILES string of the molecule is COc1cc(OC)c2c(c1)C(=O)c1cc3c(c(O)c1C2=O)C(=O)OC3C. The molecule has 0 fully saturated rings. The van der Waals surface area contributed by atoms with Crippen LogP contribution in [0.3, 0.4) is 0 Å². The van der Waals surface area contributed by atoms with Crippen LogP contribution in [0.2, 0.25) is 0 Å². The van der Waals surface area contributed by atoms with Gasteiger partial charge in [-0.25, -0.2) is 4.79 Å². The number of carbonyl (C=O) groups excluding carboxylic acids is 3. The zero-order valence-corrected chi connectivity index (χ0v) is 14.2. The van der Waals surface area contributed by atoms with Crippen molar-refractivity contribution < 1.29 is 33.7 Å². The van der Waals surface area contributed by atoms with Gasteiger partial charge in [0.15, 0.2) is 5.78 Å². The quantitative estimate of drug-likeness (QED) is 0.706. The maximum Gasteiger partial charge on any atom is 0.342 e. The predicted octanol–water partition coefficient (Wildman–Crippen LogP) is 2.42. The van der Waals surface area contributed by atoms with Crippen molar-refractivity contribution in [2.75, 3.05) is 14.2 Å². The van der Waals surface area contributed by atoms with Gasteiger partial charge in [-0.1, -0.05) is 0 Å². The Labute approximate surface area is 148 Å². The first kappa shape index (κ1) is 16.1. The molecule has 1 atom stereocenters. The molecule has 2 aliphatic rings. The van der Waals surface area contributed by atoms with Crippen molar-refractivity contribution in [2.24, 2.45) is 0 Å². The number of benzene rings is 2. The number of cyclic esters (lactones) is 1. The third kappa shape index (κ3) is 1.91. The zero-order chi connectivity index (χ0) is 18.7. The van der Waals surface area contributed by atoms with E-state index in [1.54, 1.807) is 6.92 Å². The molecular weight excluding hydrogens is 340 g/mol. The average molecular weight is 354 g/mol. The molecule has 132 valence electrons. The maximum atomic E-state index is 13.1. The summed E-state index contributed by atoms with van der Waals surface area (Å²) in [6.45, 7) is 1.63. The lowest BCUT2D eigenvalue weighted by Gasteiger charge is -2.22. The van der Waals surface area contributed by atoms with Crippen molar-refractivity contribution in [3.8, 4) is 17.2 Å². The molecule has 1 unspecified atom stereocenters. The first-order valence-electron chi connectivity index (χ1n) is 7.85. The molecule has 7 nitrogen and oxygen atoms in total. The molecule has 26 heavy (non-hydrogen) atoms. The van der Waals surface area contributed by atoms with E-state index in [-0.39, 0.29) is 33.6 Å². The largest absolute Gasteiger partial charge is 0.506 e. The van der Waals surface area contributed by atoms with Crippen molar-refractivity contribution in [3.63, 3.8) is 0 Å². The minimum Gasteiger partial charge on any atom is -0.506 e. The summed E-state index contributed by atoms with van der Waals surface area (Å²) < 4.78 is 15.5. The lowest BCUT2D eigenvalue weighted by atomic mass is 9.80.